The zero-order valence-electron chi connectivity index (χ0n) is 7.05. The van der Waals surface area contributed by atoms with Gasteiger partial charge >= 0.3 is 0 Å². The number of fused-ring (bicyclic) bond motifs is 1. The summed E-state index contributed by atoms with van der Waals surface area (Å²) in [4.78, 5) is 14.2. The van der Waals surface area contributed by atoms with Crippen LogP contribution in [0.4, 0.5) is 0 Å². The first-order chi connectivity index (χ1) is 5.77. The van der Waals surface area contributed by atoms with Gasteiger partial charge in [0.15, 0.2) is 0 Å². The Morgan fingerprint density at radius 2 is 2.23 bits per heavy atom. The van der Waals surface area contributed by atoms with E-state index in [1.165, 1.54) is 12.0 Å². The van der Waals surface area contributed by atoms with Crippen LogP contribution in [0.3, 0.4) is 0 Å². The number of halogens is 2. The van der Waals surface area contributed by atoms with Crippen LogP contribution >= 0.6 is 32.9 Å². The third-order valence-electron chi connectivity index (χ3n) is 2.26. The van der Waals surface area contributed by atoms with E-state index in [1.807, 2.05) is 6.07 Å². The second-order valence-electron chi connectivity index (χ2n) is 3.12. The van der Waals surface area contributed by atoms with Crippen molar-refractivity contribution in [2.45, 2.75) is 24.1 Å². The van der Waals surface area contributed by atoms with Crippen molar-refractivity contribution in [1.29, 1.82) is 0 Å². The molecular formula is C9H11Br2NO. The van der Waals surface area contributed by atoms with Crippen LogP contribution in [-0.2, 0) is 6.42 Å². The van der Waals surface area contributed by atoms with E-state index in [0.29, 0.717) is 4.83 Å². The van der Waals surface area contributed by atoms with Crippen molar-refractivity contribution < 1.29 is 0 Å². The molecule has 0 amide bonds. The van der Waals surface area contributed by atoms with Gasteiger partial charge in [-0.25, -0.2) is 0 Å². The minimum absolute atomic E-state index is 0. The maximum Gasteiger partial charge on any atom is 0.248 e. The third-order valence-corrected chi connectivity index (χ3v) is 3.17. The lowest BCUT2D eigenvalue weighted by Gasteiger charge is -2.19. The van der Waals surface area contributed by atoms with Gasteiger partial charge in [-0.2, -0.15) is 0 Å². The van der Waals surface area contributed by atoms with Crippen molar-refractivity contribution in [1.82, 2.24) is 4.98 Å². The van der Waals surface area contributed by atoms with Gasteiger partial charge < -0.3 is 4.98 Å². The van der Waals surface area contributed by atoms with Crippen LogP contribution < -0.4 is 5.56 Å². The molecule has 1 aromatic heterocycles. The molecule has 2 nitrogen and oxygen atoms in total. The zero-order valence-corrected chi connectivity index (χ0v) is 10.3. The summed E-state index contributed by atoms with van der Waals surface area (Å²) >= 11 is 3.55. The lowest BCUT2D eigenvalue weighted by Crippen LogP contribution is -2.14. The molecular weight excluding hydrogens is 298 g/mol. The first-order valence-electron chi connectivity index (χ1n) is 4.13. The summed E-state index contributed by atoms with van der Waals surface area (Å²) in [5, 5.41) is 0. The van der Waals surface area contributed by atoms with Crippen LogP contribution in [0, 0.1) is 0 Å². The van der Waals surface area contributed by atoms with Gasteiger partial charge in [0.25, 0.3) is 0 Å². The molecule has 1 heterocycles. The standard InChI is InChI=1S/C9H10BrNO.BrH/c10-7-3-1-2-6-4-5-8(12)11-9(6)7;/h4-5,7H,1-3H2,(H,11,12);1H. The average molecular weight is 309 g/mol. The number of hydrogen-bond donors (Lipinski definition) is 1. The van der Waals surface area contributed by atoms with Crippen LogP contribution in [0.15, 0.2) is 16.9 Å². The lowest BCUT2D eigenvalue weighted by atomic mass is 9.96. The predicted octanol–water partition coefficient (Wildman–Crippen LogP) is 2.73. The van der Waals surface area contributed by atoms with Gasteiger partial charge in [0.1, 0.15) is 0 Å². The van der Waals surface area contributed by atoms with E-state index in [2.05, 4.69) is 20.9 Å². The molecule has 1 aromatic rings. The third kappa shape index (κ3) is 2.23. The Kier molecular flexibility index (Phi) is 3.74. The van der Waals surface area contributed by atoms with Crippen LogP contribution in [0.25, 0.3) is 0 Å². The van der Waals surface area contributed by atoms with E-state index in [0.717, 1.165) is 18.5 Å². The van der Waals surface area contributed by atoms with Gasteiger partial charge in [-0.15, -0.1) is 17.0 Å². The van der Waals surface area contributed by atoms with Gasteiger partial charge in [-0.05, 0) is 24.8 Å². The molecule has 4 heteroatoms. The van der Waals surface area contributed by atoms with Crippen LogP contribution in [0.2, 0.25) is 0 Å². The van der Waals surface area contributed by atoms with Crippen molar-refractivity contribution in [3.05, 3.63) is 33.7 Å². The number of pyridine rings is 1. The Bertz CT molecular complexity index is 348. The van der Waals surface area contributed by atoms with Gasteiger partial charge in [0.05, 0.1) is 4.83 Å². The summed E-state index contributed by atoms with van der Waals surface area (Å²) in [5.74, 6) is 0. The fourth-order valence-electron chi connectivity index (χ4n) is 1.63. The first-order valence-corrected chi connectivity index (χ1v) is 5.05. The topological polar surface area (TPSA) is 32.9 Å². The van der Waals surface area contributed by atoms with E-state index in [-0.39, 0.29) is 22.5 Å². The molecule has 0 bridgehead atoms. The number of nitrogens with one attached hydrogen (secondary N) is 1. The van der Waals surface area contributed by atoms with Gasteiger partial charge in [-0.1, -0.05) is 22.0 Å². The molecule has 1 N–H and O–H groups in total. The highest BCUT2D eigenvalue weighted by Gasteiger charge is 2.17. The normalized spacial score (nSPS) is 20.2. The Hall–Kier alpha value is -0.0900. The quantitative estimate of drug-likeness (QED) is 0.735. The molecule has 0 saturated heterocycles. The Morgan fingerprint density at radius 1 is 1.46 bits per heavy atom. The molecule has 72 valence electrons. The average Bonchev–Trinajstić information content (AvgIpc) is 2.07. The molecule has 0 radical (unpaired) electrons. The molecule has 1 aliphatic rings. The predicted molar refractivity (Wildman–Crippen MR) is 62.0 cm³/mol. The summed E-state index contributed by atoms with van der Waals surface area (Å²) in [7, 11) is 0. The minimum Gasteiger partial charge on any atom is -0.325 e. The highest BCUT2D eigenvalue weighted by atomic mass is 79.9. The molecule has 0 aromatic carbocycles. The molecule has 0 fully saturated rings. The fourth-order valence-corrected chi connectivity index (χ4v) is 2.37. The molecule has 0 saturated carbocycles. The molecule has 0 spiro atoms. The highest BCUT2D eigenvalue weighted by Crippen LogP contribution is 2.33. The van der Waals surface area contributed by atoms with E-state index in [9.17, 15) is 4.79 Å². The second kappa shape index (κ2) is 4.42. The van der Waals surface area contributed by atoms with Gasteiger partial charge in [-0.3, -0.25) is 4.79 Å². The van der Waals surface area contributed by atoms with Gasteiger partial charge in [0.2, 0.25) is 5.56 Å². The highest BCUT2D eigenvalue weighted by molar-refractivity contribution is 9.09. The van der Waals surface area contributed by atoms with Crippen LogP contribution in [-0.4, -0.2) is 4.98 Å². The van der Waals surface area contributed by atoms with Crippen LogP contribution in [0.5, 0.6) is 0 Å². The largest absolute Gasteiger partial charge is 0.325 e. The summed E-state index contributed by atoms with van der Waals surface area (Å²) in [6.45, 7) is 0. The summed E-state index contributed by atoms with van der Waals surface area (Å²) in [6, 6.07) is 3.53. The first kappa shape index (κ1) is 11.0. The summed E-state index contributed by atoms with van der Waals surface area (Å²) < 4.78 is 0. The number of H-pyrrole nitrogens is 1. The van der Waals surface area contributed by atoms with Crippen LogP contribution in [0.1, 0.15) is 28.9 Å². The monoisotopic (exact) mass is 307 g/mol. The Balaban J connectivity index is 0.000000845. The van der Waals surface area contributed by atoms with Crippen molar-refractivity contribution >= 4 is 32.9 Å². The van der Waals surface area contributed by atoms with E-state index in [1.54, 1.807) is 6.07 Å². The SMILES string of the molecule is Br.O=c1ccc2c([nH]1)C(Br)CCC2. The minimum atomic E-state index is 0. The fraction of sp³-hybridized carbons (Fsp3) is 0.444. The molecule has 13 heavy (non-hydrogen) atoms. The van der Waals surface area contributed by atoms with Crippen molar-refractivity contribution in [2.75, 3.05) is 0 Å². The Morgan fingerprint density at radius 3 is 3.00 bits per heavy atom. The Labute approximate surface area is 95.6 Å². The summed E-state index contributed by atoms with van der Waals surface area (Å²) in [6.07, 6.45) is 3.41. The van der Waals surface area contributed by atoms with E-state index in [4.69, 9.17) is 0 Å². The smallest absolute Gasteiger partial charge is 0.248 e. The lowest BCUT2D eigenvalue weighted by molar-refractivity contribution is 0.660. The number of aromatic nitrogens is 1. The number of hydrogen-bond acceptors (Lipinski definition) is 1. The summed E-state index contributed by atoms with van der Waals surface area (Å²) in [5.41, 5.74) is 2.36. The molecule has 0 aliphatic heterocycles. The van der Waals surface area contributed by atoms with Crippen molar-refractivity contribution in [3.63, 3.8) is 0 Å². The zero-order chi connectivity index (χ0) is 8.55. The molecule has 2 rings (SSSR count). The van der Waals surface area contributed by atoms with E-state index < -0.39 is 0 Å². The van der Waals surface area contributed by atoms with E-state index >= 15 is 0 Å². The molecule has 1 atom stereocenters. The van der Waals surface area contributed by atoms with Crippen molar-refractivity contribution in [2.24, 2.45) is 0 Å². The molecule has 1 aliphatic carbocycles. The van der Waals surface area contributed by atoms with Crippen molar-refractivity contribution in [3.8, 4) is 0 Å². The maximum absolute atomic E-state index is 11.0. The number of aromatic amines is 1. The number of rotatable bonds is 0. The maximum atomic E-state index is 11.0. The van der Waals surface area contributed by atoms with Gasteiger partial charge in [0, 0.05) is 11.8 Å². The number of alkyl halides is 1. The second-order valence-corrected chi connectivity index (χ2v) is 4.23. The number of aryl methyl sites for hydroxylation is 1. The molecule has 1 unspecified atom stereocenters.